The second kappa shape index (κ2) is 14.7. The number of nitrogens with zero attached hydrogens (tertiary/aromatic N) is 5. The lowest BCUT2D eigenvalue weighted by Gasteiger charge is -2.17. The van der Waals surface area contributed by atoms with Crippen molar-refractivity contribution in [1.82, 2.24) is 24.1 Å². The summed E-state index contributed by atoms with van der Waals surface area (Å²) in [6.07, 6.45) is 0. The molecule has 0 saturated carbocycles. The smallest absolute Gasteiger partial charge is 0.166 e. The molecule has 9 aromatic carbocycles. The maximum atomic E-state index is 5.32. The van der Waals surface area contributed by atoms with Crippen molar-refractivity contribution in [3.05, 3.63) is 224 Å². The van der Waals surface area contributed by atoms with Crippen molar-refractivity contribution >= 4 is 43.6 Å². The standard InChI is InChI=1S/C57H37N5/c1-5-17-38(18-6-1)43-29-32-47-45-25-13-16-28-51(45)62(54(47)37-43)53-34-31-42(41-30-33-52-48(35-41)46-26-14-15-27-50(46)61(52)44-23-11-4-12-24-44)36-49(53)57-59-55(39-19-7-2-8-20-39)58-56(60-57)40-21-9-3-10-22-40/h1-37H. The number of fused-ring (bicyclic) bond motifs is 6. The highest BCUT2D eigenvalue weighted by atomic mass is 15.1. The molecule has 0 spiro atoms. The van der Waals surface area contributed by atoms with Crippen LogP contribution in [0.4, 0.5) is 0 Å². The van der Waals surface area contributed by atoms with Crippen molar-refractivity contribution in [2.75, 3.05) is 0 Å². The molecular formula is C57H37N5. The average Bonchev–Trinajstić information content (AvgIpc) is 3.87. The minimum atomic E-state index is 0.599. The Morgan fingerprint density at radius 3 is 1.37 bits per heavy atom. The van der Waals surface area contributed by atoms with Gasteiger partial charge in [0.15, 0.2) is 17.5 Å². The fourth-order valence-electron chi connectivity index (χ4n) is 9.07. The zero-order valence-corrected chi connectivity index (χ0v) is 33.6. The van der Waals surface area contributed by atoms with Gasteiger partial charge in [0, 0.05) is 43.9 Å². The van der Waals surface area contributed by atoms with Gasteiger partial charge in [-0.25, -0.2) is 15.0 Å². The first-order valence-corrected chi connectivity index (χ1v) is 20.9. The molecule has 3 aromatic heterocycles. The van der Waals surface area contributed by atoms with E-state index in [1.54, 1.807) is 0 Å². The molecule has 5 nitrogen and oxygen atoms in total. The predicted octanol–water partition coefficient (Wildman–Crippen LogP) is 14.4. The zero-order chi connectivity index (χ0) is 41.0. The van der Waals surface area contributed by atoms with Gasteiger partial charge in [-0.1, -0.05) is 170 Å². The van der Waals surface area contributed by atoms with Crippen LogP contribution in [0.5, 0.6) is 0 Å². The van der Waals surface area contributed by atoms with Gasteiger partial charge in [0.05, 0.1) is 27.8 Å². The molecule has 62 heavy (non-hydrogen) atoms. The molecule has 0 aliphatic heterocycles. The Morgan fingerprint density at radius 1 is 0.258 bits per heavy atom. The molecule has 0 radical (unpaired) electrons. The topological polar surface area (TPSA) is 48.5 Å². The first-order valence-electron chi connectivity index (χ1n) is 20.9. The zero-order valence-electron chi connectivity index (χ0n) is 33.6. The van der Waals surface area contributed by atoms with Gasteiger partial charge in [-0.15, -0.1) is 0 Å². The number of aromatic nitrogens is 5. The molecule has 12 aromatic rings. The molecule has 5 heteroatoms. The van der Waals surface area contributed by atoms with Gasteiger partial charge in [-0.05, 0) is 76.9 Å². The summed E-state index contributed by atoms with van der Waals surface area (Å²) < 4.78 is 4.75. The monoisotopic (exact) mass is 791 g/mol. The maximum absolute atomic E-state index is 5.32. The van der Waals surface area contributed by atoms with E-state index in [1.165, 1.54) is 32.6 Å². The lowest BCUT2D eigenvalue weighted by Crippen LogP contribution is -2.04. The van der Waals surface area contributed by atoms with E-state index in [9.17, 15) is 0 Å². The summed E-state index contributed by atoms with van der Waals surface area (Å²) in [5.74, 6) is 1.84. The van der Waals surface area contributed by atoms with Crippen LogP contribution in [0.15, 0.2) is 224 Å². The molecule has 0 N–H and O–H groups in total. The summed E-state index contributed by atoms with van der Waals surface area (Å²) in [7, 11) is 0. The van der Waals surface area contributed by atoms with Gasteiger partial charge in [0.2, 0.25) is 0 Å². The van der Waals surface area contributed by atoms with Crippen LogP contribution < -0.4 is 0 Å². The summed E-state index contributed by atoms with van der Waals surface area (Å²) in [5, 5.41) is 4.77. The highest BCUT2D eigenvalue weighted by molar-refractivity contribution is 6.12. The van der Waals surface area contributed by atoms with Gasteiger partial charge in [0.1, 0.15) is 0 Å². The fourth-order valence-corrected chi connectivity index (χ4v) is 9.07. The highest BCUT2D eigenvalue weighted by Crippen LogP contribution is 2.41. The lowest BCUT2D eigenvalue weighted by molar-refractivity contribution is 1.06. The summed E-state index contributed by atoms with van der Waals surface area (Å²) in [5.41, 5.74) is 13.9. The van der Waals surface area contributed by atoms with Crippen molar-refractivity contribution < 1.29 is 0 Å². The number of rotatable bonds is 7. The number of hydrogen-bond donors (Lipinski definition) is 0. The van der Waals surface area contributed by atoms with E-state index in [0.29, 0.717) is 17.5 Å². The van der Waals surface area contributed by atoms with Crippen molar-refractivity contribution in [1.29, 1.82) is 0 Å². The van der Waals surface area contributed by atoms with E-state index in [1.807, 2.05) is 36.4 Å². The molecule has 0 aliphatic rings. The van der Waals surface area contributed by atoms with Crippen LogP contribution in [0.25, 0.3) is 111 Å². The third-order valence-electron chi connectivity index (χ3n) is 12.0. The first-order chi connectivity index (χ1) is 30.7. The van der Waals surface area contributed by atoms with E-state index >= 15 is 0 Å². The van der Waals surface area contributed by atoms with Crippen molar-refractivity contribution in [2.24, 2.45) is 0 Å². The third-order valence-corrected chi connectivity index (χ3v) is 12.0. The highest BCUT2D eigenvalue weighted by Gasteiger charge is 2.21. The normalized spacial score (nSPS) is 11.5. The Morgan fingerprint density at radius 2 is 0.710 bits per heavy atom. The molecule has 290 valence electrons. The van der Waals surface area contributed by atoms with Gasteiger partial charge in [-0.3, -0.25) is 0 Å². The molecule has 0 aliphatic carbocycles. The third kappa shape index (κ3) is 5.98. The Labute approximate surface area is 358 Å². The molecule has 12 rings (SSSR count). The number of hydrogen-bond acceptors (Lipinski definition) is 3. The average molecular weight is 792 g/mol. The van der Waals surface area contributed by atoms with E-state index in [4.69, 9.17) is 15.0 Å². The Balaban J connectivity index is 1.14. The van der Waals surface area contributed by atoms with Gasteiger partial charge in [-0.2, -0.15) is 0 Å². The van der Waals surface area contributed by atoms with Crippen LogP contribution in [0.2, 0.25) is 0 Å². The first kappa shape index (κ1) is 35.5. The molecule has 0 amide bonds. The van der Waals surface area contributed by atoms with Crippen LogP contribution in [0, 0.1) is 0 Å². The fraction of sp³-hybridized carbons (Fsp3) is 0. The van der Waals surface area contributed by atoms with Crippen molar-refractivity contribution in [3.63, 3.8) is 0 Å². The molecule has 3 heterocycles. The predicted molar refractivity (Wildman–Crippen MR) is 256 cm³/mol. The van der Waals surface area contributed by atoms with Crippen LogP contribution in [-0.4, -0.2) is 24.1 Å². The Kier molecular flexibility index (Phi) is 8.42. The van der Waals surface area contributed by atoms with E-state index in [-0.39, 0.29) is 0 Å². The molecule has 0 saturated heterocycles. The summed E-state index contributed by atoms with van der Waals surface area (Å²) in [4.78, 5) is 15.7. The minimum Gasteiger partial charge on any atom is -0.309 e. The summed E-state index contributed by atoms with van der Waals surface area (Å²) >= 11 is 0. The second-order valence-corrected chi connectivity index (χ2v) is 15.6. The molecule has 0 unspecified atom stereocenters. The molecule has 0 atom stereocenters. The van der Waals surface area contributed by atoms with Gasteiger partial charge < -0.3 is 9.13 Å². The summed E-state index contributed by atoms with van der Waals surface area (Å²) in [6, 6.07) is 79.3. The van der Waals surface area contributed by atoms with Gasteiger partial charge >= 0.3 is 0 Å². The molecule has 0 fully saturated rings. The maximum Gasteiger partial charge on any atom is 0.166 e. The van der Waals surface area contributed by atoms with Crippen LogP contribution >= 0.6 is 0 Å². The van der Waals surface area contributed by atoms with E-state index in [2.05, 4.69) is 197 Å². The number of benzene rings is 9. The largest absolute Gasteiger partial charge is 0.309 e. The quantitative estimate of drug-likeness (QED) is 0.162. The van der Waals surface area contributed by atoms with Crippen LogP contribution in [0.1, 0.15) is 0 Å². The van der Waals surface area contributed by atoms with Gasteiger partial charge in [0.25, 0.3) is 0 Å². The minimum absolute atomic E-state index is 0.599. The van der Waals surface area contributed by atoms with Crippen LogP contribution in [0.3, 0.4) is 0 Å². The van der Waals surface area contributed by atoms with Crippen molar-refractivity contribution in [3.8, 4) is 67.8 Å². The Bertz CT molecular complexity index is 3550. The van der Waals surface area contributed by atoms with Crippen LogP contribution in [-0.2, 0) is 0 Å². The second-order valence-electron chi connectivity index (χ2n) is 15.6. The Hall–Kier alpha value is -8.41. The lowest BCUT2D eigenvalue weighted by atomic mass is 9.99. The van der Waals surface area contributed by atoms with E-state index < -0.39 is 0 Å². The van der Waals surface area contributed by atoms with Crippen molar-refractivity contribution in [2.45, 2.75) is 0 Å². The number of para-hydroxylation sites is 3. The van der Waals surface area contributed by atoms with E-state index in [0.717, 1.165) is 61.3 Å². The molecular weight excluding hydrogens is 755 g/mol. The molecule has 0 bridgehead atoms. The summed E-state index contributed by atoms with van der Waals surface area (Å²) in [6.45, 7) is 0. The SMILES string of the molecule is c1ccc(-c2ccc3c4ccccc4n(-c4ccc(-c5ccc6c(c5)c5ccccc5n6-c5ccccc5)cc4-c4nc(-c5ccccc5)nc(-c5ccccc5)n4)c3c2)cc1.